The van der Waals surface area contributed by atoms with Gasteiger partial charge in [0, 0.05) is 48.4 Å². The Balaban J connectivity index is 1.28. The maximum atomic E-state index is 11.9. The molecular weight excluding hydrogens is 516 g/mol. The summed E-state index contributed by atoms with van der Waals surface area (Å²) < 4.78 is 17.1. The number of fused-ring (bicyclic) bond motifs is 2. The Bertz CT molecular complexity index is 1330. The van der Waals surface area contributed by atoms with Crippen molar-refractivity contribution in [1.82, 2.24) is 9.88 Å². The molecule has 2 aliphatic heterocycles. The predicted octanol–water partition coefficient (Wildman–Crippen LogP) is 5.78. The molecule has 0 amide bonds. The van der Waals surface area contributed by atoms with Gasteiger partial charge in [-0.15, -0.1) is 0 Å². The molecule has 1 saturated heterocycles. The average Bonchev–Trinajstić information content (AvgIpc) is 3.10. The van der Waals surface area contributed by atoms with E-state index >= 15 is 0 Å². The third-order valence-electron chi connectivity index (χ3n) is 7.33. The summed E-state index contributed by atoms with van der Waals surface area (Å²) in [7, 11) is 0. The van der Waals surface area contributed by atoms with Crippen LogP contribution in [0.3, 0.4) is 0 Å². The quantitative estimate of drug-likeness (QED) is 0.357. The van der Waals surface area contributed by atoms with Gasteiger partial charge in [0.2, 0.25) is 5.88 Å². The number of esters is 1. The van der Waals surface area contributed by atoms with Gasteiger partial charge in [-0.05, 0) is 73.7 Å². The lowest BCUT2D eigenvalue weighted by Gasteiger charge is -2.38. The van der Waals surface area contributed by atoms with E-state index < -0.39 is 11.6 Å². The number of aromatic nitrogens is 1. The molecule has 39 heavy (non-hydrogen) atoms. The normalized spacial score (nSPS) is 17.5. The van der Waals surface area contributed by atoms with Gasteiger partial charge in [-0.3, -0.25) is 0 Å². The number of rotatable bonds is 8. The van der Waals surface area contributed by atoms with Crippen LogP contribution in [0.5, 0.6) is 17.4 Å². The van der Waals surface area contributed by atoms with Gasteiger partial charge >= 0.3 is 5.97 Å². The highest BCUT2D eigenvalue weighted by atomic mass is 35.5. The topological polar surface area (TPSA) is 81.1 Å². The van der Waals surface area contributed by atoms with E-state index in [4.69, 9.17) is 25.8 Å². The Morgan fingerprint density at radius 3 is 2.72 bits per heavy atom. The standard InChI is InChI=1S/C31H33ClN2O5/c1-2-37-29(35)21-38-27-8-3-9-28-26(27)20-22(25-7-4-16-33-30(25)39-28)6-5-17-34-18-14-31(36,15-19-34)23-10-12-24(32)13-11-23/h3-4,6-13,16,36H,2,5,14-15,17-21H2,1H3/b22-6-. The summed E-state index contributed by atoms with van der Waals surface area (Å²) in [5.41, 5.74) is 3.03. The molecule has 1 fully saturated rings. The van der Waals surface area contributed by atoms with Crippen molar-refractivity contribution in [3.05, 3.63) is 88.6 Å². The molecule has 204 valence electrons. The number of carbonyl (C=O) groups excluding carboxylic acids is 1. The van der Waals surface area contributed by atoms with Gasteiger partial charge in [-0.2, -0.15) is 0 Å². The molecule has 2 aromatic carbocycles. The molecule has 0 aliphatic carbocycles. The van der Waals surface area contributed by atoms with Gasteiger partial charge < -0.3 is 24.2 Å². The van der Waals surface area contributed by atoms with Crippen LogP contribution in [-0.2, 0) is 21.6 Å². The second kappa shape index (κ2) is 12.2. The largest absolute Gasteiger partial charge is 0.481 e. The maximum absolute atomic E-state index is 11.9. The zero-order chi connectivity index (χ0) is 27.2. The van der Waals surface area contributed by atoms with Crippen LogP contribution >= 0.6 is 11.6 Å². The van der Waals surface area contributed by atoms with Crippen LogP contribution in [0.15, 0.2) is 66.9 Å². The number of allylic oxidation sites excluding steroid dienone is 1. The van der Waals surface area contributed by atoms with Crippen LogP contribution in [0.25, 0.3) is 5.57 Å². The first kappa shape index (κ1) is 27.2. The number of nitrogens with zero attached hydrogens (tertiary/aromatic N) is 2. The van der Waals surface area contributed by atoms with Crippen LogP contribution in [0.4, 0.5) is 0 Å². The molecule has 1 N–H and O–H groups in total. The van der Waals surface area contributed by atoms with E-state index in [1.165, 1.54) is 0 Å². The zero-order valence-electron chi connectivity index (χ0n) is 22.1. The van der Waals surface area contributed by atoms with Gasteiger partial charge in [-0.1, -0.05) is 35.9 Å². The Morgan fingerprint density at radius 2 is 1.95 bits per heavy atom. The van der Waals surface area contributed by atoms with E-state index in [9.17, 15) is 9.90 Å². The molecule has 1 aromatic heterocycles. The third kappa shape index (κ3) is 6.44. The molecule has 3 aromatic rings. The molecule has 7 nitrogen and oxygen atoms in total. The summed E-state index contributed by atoms with van der Waals surface area (Å²) in [4.78, 5) is 18.8. The minimum Gasteiger partial charge on any atom is -0.481 e. The summed E-state index contributed by atoms with van der Waals surface area (Å²) in [6.07, 6.45) is 6.74. The van der Waals surface area contributed by atoms with Gasteiger partial charge in [0.05, 0.1) is 12.2 Å². The van der Waals surface area contributed by atoms with Crippen LogP contribution in [0, 0.1) is 0 Å². The minimum absolute atomic E-state index is 0.161. The number of piperidine rings is 1. The van der Waals surface area contributed by atoms with Crippen molar-refractivity contribution in [3.8, 4) is 17.4 Å². The lowest BCUT2D eigenvalue weighted by molar-refractivity contribution is -0.145. The van der Waals surface area contributed by atoms with Crippen molar-refractivity contribution >= 4 is 23.1 Å². The van der Waals surface area contributed by atoms with Crippen LogP contribution in [0.2, 0.25) is 5.02 Å². The summed E-state index contributed by atoms with van der Waals surface area (Å²) in [5.74, 6) is 1.40. The Hall–Kier alpha value is -3.39. The molecule has 0 radical (unpaired) electrons. The Morgan fingerprint density at radius 1 is 1.15 bits per heavy atom. The van der Waals surface area contributed by atoms with Crippen molar-refractivity contribution in [1.29, 1.82) is 0 Å². The van der Waals surface area contributed by atoms with Crippen LogP contribution in [0.1, 0.15) is 42.9 Å². The first-order chi connectivity index (χ1) is 18.9. The molecule has 8 heteroatoms. The highest BCUT2D eigenvalue weighted by Gasteiger charge is 2.33. The predicted molar refractivity (Wildman–Crippen MR) is 150 cm³/mol. The smallest absolute Gasteiger partial charge is 0.344 e. The number of ether oxygens (including phenoxy) is 3. The fourth-order valence-electron chi connectivity index (χ4n) is 5.20. The molecule has 0 bridgehead atoms. The molecule has 0 saturated carbocycles. The first-order valence-electron chi connectivity index (χ1n) is 13.4. The fourth-order valence-corrected chi connectivity index (χ4v) is 5.32. The number of pyridine rings is 1. The fraction of sp³-hybridized carbons (Fsp3) is 0.355. The maximum Gasteiger partial charge on any atom is 0.344 e. The van der Waals surface area contributed by atoms with Gasteiger partial charge in [-0.25, -0.2) is 9.78 Å². The van der Waals surface area contributed by atoms with Gasteiger partial charge in [0.1, 0.15) is 11.5 Å². The highest BCUT2D eigenvalue weighted by molar-refractivity contribution is 6.30. The van der Waals surface area contributed by atoms with Crippen LogP contribution in [-0.4, -0.2) is 53.8 Å². The summed E-state index contributed by atoms with van der Waals surface area (Å²) in [5, 5.41) is 11.9. The summed E-state index contributed by atoms with van der Waals surface area (Å²) >= 11 is 6.03. The monoisotopic (exact) mass is 548 g/mol. The number of likely N-dealkylation sites (tertiary alicyclic amines) is 1. The lowest BCUT2D eigenvalue weighted by Crippen LogP contribution is -2.42. The Labute approximate surface area is 234 Å². The van der Waals surface area contributed by atoms with E-state index in [2.05, 4.69) is 16.0 Å². The zero-order valence-corrected chi connectivity index (χ0v) is 22.8. The second-order valence-electron chi connectivity index (χ2n) is 9.86. The first-order valence-corrected chi connectivity index (χ1v) is 13.8. The second-order valence-corrected chi connectivity index (χ2v) is 10.3. The molecular formula is C31H33ClN2O5. The number of carbonyl (C=O) groups is 1. The van der Waals surface area contributed by atoms with E-state index in [1.807, 2.05) is 54.6 Å². The molecule has 5 rings (SSSR count). The Kier molecular flexibility index (Phi) is 8.50. The molecule has 0 unspecified atom stereocenters. The third-order valence-corrected chi connectivity index (χ3v) is 7.58. The molecule has 0 atom stereocenters. The highest BCUT2D eigenvalue weighted by Crippen LogP contribution is 2.41. The average molecular weight is 549 g/mol. The van der Waals surface area contributed by atoms with Crippen molar-refractivity contribution in [2.45, 2.75) is 38.2 Å². The van der Waals surface area contributed by atoms with Crippen molar-refractivity contribution in [2.24, 2.45) is 0 Å². The number of hydrogen-bond acceptors (Lipinski definition) is 7. The lowest BCUT2D eigenvalue weighted by atomic mass is 9.84. The summed E-state index contributed by atoms with van der Waals surface area (Å²) in [6.45, 7) is 4.43. The van der Waals surface area contributed by atoms with E-state index in [0.717, 1.165) is 48.3 Å². The summed E-state index contributed by atoms with van der Waals surface area (Å²) in [6, 6.07) is 17.0. The number of aliphatic hydroxyl groups is 1. The minimum atomic E-state index is -0.813. The van der Waals surface area contributed by atoms with Gasteiger partial charge in [0.15, 0.2) is 6.61 Å². The number of benzene rings is 2. The number of hydrogen-bond donors (Lipinski definition) is 1. The van der Waals surface area contributed by atoms with E-state index in [-0.39, 0.29) is 6.61 Å². The van der Waals surface area contributed by atoms with Crippen molar-refractivity contribution in [2.75, 3.05) is 32.8 Å². The van der Waals surface area contributed by atoms with E-state index in [1.54, 1.807) is 13.1 Å². The van der Waals surface area contributed by atoms with Crippen molar-refractivity contribution < 1.29 is 24.1 Å². The molecule has 0 spiro atoms. The van der Waals surface area contributed by atoms with Crippen molar-refractivity contribution in [3.63, 3.8) is 0 Å². The SMILES string of the molecule is CCOC(=O)COc1cccc2c1C/C(=C/CCN1CCC(O)(c3ccc(Cl)cc3)CC1)c1cccnc1O2. The molecule has 3 heterocycles. The van der Waals surface area contributed by atoms with E-state index in [0.29, 0.717) is 48.3 Å². The molecule has 2 aliphatic rings. The number of halogens is 1. The van der Waals surface area contributed by atoms with Gasteiger partial charge in [0.25, 0.3) is 0 Å². The van der Waals surface area contributed by atoms with Crippen LogP contribution < -0.4 is 9.47 Å².